The highest BCUT2D eigenvalue weighted by molar-refractivity contribution is 4.80. The average Bonchev–Trinajstić information content (AvgIpc) is 2.67. The summed E-state index contributed by atoms with van der Waals surface area (Å²) in [6.45, 7) is 4.61. The molecule has 1 aliphatic rings. The summed E-state index contributed by atoms with van der Waals surface area (Å²) in [6, 6.07) is 0.569. The van der Waals surface area contributed by atoms with Gasteiger partial charge in [0.15, 0.2) is 0 Å². The lowest BCUT2D eigenvalue weighted by atomic mass is 9.89. The number of nitrogens with two attached hydrogens (primary N) is 1. The first-order valence-electron chi connectivity index (χ1n) is 6.24. The molecular weight excluding hydrogens is 172 g/mol. The van der Waals surface area contributed by atoms with E-state index < -0.39 is 0 Å². The Hall–Kier alpha value is -0.0800. The Morgan fingerprint density at radius 2 is 2.00 bits per heavy atom. The van der Waals surface area contributed by atoms with Gasteiger partial charge in [-0.25, -0.2) is 0 Å². The normalized spacial score (nSPS) is 22.5. The minimum Gasteiger partial charge on any atom is -0.271 e. The second-order valence-corrected chi connectivity index (χ2v) is 4.95. The largest absolute Gasteiger partial charge is 0.271 e. The van der Waals surface area contributed by atoms with Crippen molar-refractivity contribution in [2.75, 3.05) is 0 Å². The van der Waals surface area contributed by atoms with E-state index in [1.54, 1.807) is 0 Å². The molecule has 0 aromatic rings. The number of nitrogens with one attached hydrogen (secondary N) is 1. The fourth-order valence-corrected chi connectivity index (χ4v) is 2.80. The molecule has 2 heteroatoms. The van der Waals surface area contributed by atoms with E-state index in [1.165, 1.54) is 44.9 Å². The second-order valence-electron chi connectivity index (χ2n) is 4.95. The van der Waals surface area contributed by atoms with Crippen molar-refractivity contribution < 1.29 is 0 Å². The summed E-state index contributed by atoms with van der Waals surface area (Å²) in [7, 11) is 0. The van der Waals surface area contributed by atoms with Crippen LogP contribution >= 0.6 is 0 Å². The van der Waals surface area contributed by atoms with Gasteiger partial charge in [-0.1, -0.05) is 39.5 Å². The third-order valence-electron chi connectivity index (χ3n) is 3.62. The third kappa shape index (κ3) is 3.58. The van der Waals surface area contributed by atoms with E-state index in [0.29, 0.717) is 6.04 Å². The summed E-state index contributed by atoms with van der Waals surface area (Å²) in [6.07, 6.45) is 9.47. The lowest BCUT2D eigenvalue weighted by Gasteiger charge is -2.25. The molecule has 2 nitrogen and oxygen atoms in total. The molecule has 1 saturated carbocycles. The molecule has 2 unspecified atom stereocenters. The van der Waals surface area contributed by atoms with Gasteiger partial charge in [0.1, 0.15) is 0 Å². The van der Waals surface area contributed by atoms with Crippen LogP contribution in [-0.2, 0) is 0 Å². The average molecular weight is 198 g/mol. The molecule has 1 fully saturated rings. The zero-order valence-electron chi connectivity index (χ0n) is 9.76. The quantitative estimate of drug-likeness (QED) is 0.509. The highest BCUT2D eigenvalue weighted by atomic mass is 15.2. The molecule has 0 spiro atoms. The number of rotatable bonds is 6. The first-order chi connectivity index (χ1) is 6.77. The molecular formula is C12H26N2. The fourth-order valence-electron chi connectivity index (χ4n) is 2.80. The van der Waals surface area contributed by atoms with Gasteiger partial charge in [-0.15, -0.1) is 0 Å². The van der Waals surface area contributed by atoms with Gasteiger partial charge in [0, 0.05) is 6.04 Å². The van der Waals surface area contributed by atoms with Crippen LogP contribution in [0.5, 0.6) is 0 Å². The van der Waals surface area contributed by atoms with Crippen molar-refractivity contribution in [3.05, 3.63) is 0 Å². The maximum absolute atomic E-state index is 5.65. The predicted molar refractivity (Wildman–Crippen MR) is 61.8 cm³/mol. The van der Waals surface area contributed by atoms with Crippen molar-refractivity contribution in [2.45, 2.75) is 64.8 Å². The van der Waals surface area contributed by atoms with E-state index in [1.807, 2.05) is 0 Å². The summed E-state index contributed by atoms with van der Waals surface area (Å²) in [5, 5.41) is 0. The van der Waals surface area contributed by atoms with Crippen LogP contribution in [0.15, 0.2) is 0 Å². The monoisotopic (exact) mass is 198 g/mol. The zero-order valence-corrected chi connectivity index (χ0v) is 9.76. The van der Waals surface area contributed by atoms with Crippen LogP contribution in [0, 0.1) is 11.8 Å². The number of hydrazine groups is 1. The van der Waals surface area contributed by atoms with Gasteiger partial charge >= 0.3 is 0 Å². The minimum absolute atomic E-state index is 0.569. The van der Waals surface area contributed by atoms with Crippen LogP contribution in [-0.4, -0.2) is 6.04 Å². The molecule has 3 N–H and O–H groups in total. The van der Waals surface area contributed by atoms with Crippen LogP contribution < -0.4 is 11.3 Å². The summed E-state index contributed by atoms with van der Waals surface area (Å²) < 4.78 is 0. The summed E-state index contributed by atoms with van der Waals surface area (Å²) >= 11 is 0. The highest BCUT2D eigenvalue weighted by Gasteiger charge is 2.25. The van der Waals surface area contributed by atoms with Crippen LogP contribution in [0.1, 0.15) is 58.8 Å². The Morgan fingerprint density at radius 3 is 2.50 bits per heavy atom. The van der Waals surface area contributed by atoms with Gasteiger partial charge in [-0.3, -0.25) is 11.3 Å². The van der Waals surface area contributed by atoms with Crippen LogP contribution in [0.2, 0.25) is 0 Å². The van der Waals surface area contributed by atoms with Gasteiger partial charge in [0.2, 0.25) is 0 Å². The molecule has 0 heterocycles. The first kappa shape index (κ1) is 12.0. The predicted octanol–water partition coefficient (Wildman–Crippen LogP) is 2.83. The topological polar surface area (TPSA) is 38.0 Å². The van der Waals surface area contributed by atoms with Gasteiger partial charge in [-0.2, -0.15) is 0 Å². The van der Waals surface area contributed by atoms with Gasteiger partial charge in [0.25, 0.3) is 0 Å². The summed E-state index contributed by atoms with van der Waals surface area (Å²) in [4.78, 5) is 0. The number of hydrogen-bond acceptors (Lipinski definition) is 2. The second kappa shape index (κ2) is 6.41. The minimum atomic E-state index is 0.569. The van der Waals surface area contributed by atoms with Gasteiger partial charge in [0.05, 0.1) is 0 Å². The maximum atomic E-state index is 5.65. The lowest BCUT2D eigenvalue weighted by Crippen LogP contribution is -2.41. The molecule has 0 bridgehead atoms. The molecule has 0 aromatic carbocycles. The molecule has 1 rings (SSSR count). The Labute approximate surface area is 88.6 Å². The van der Waals surface area contributed by atoms with Crippen LogP contribution in [0.25, 0.3) is 0 Å². The Kier molecular flexibility index (Phi) is 5.49. The fraction of sp³-hybridized carbons (Fsp3) is 1.00. The Morgan fingerprint density at radius 1 is 1.36 bits per heavy atom. The van der Waals surface area contributed by atoms with Crippen molar-refractivity contribution in [2.24, 2.45) is 17.7 Å². The number of hydrogen-bond donors (Lipinski definition) is 2. The van der Waals surface area contributed by atoms with Gasteiger partial charge < -0.3 is 0 Å². The van der Waals surface area contributed by atoms with Crippen molar-refractivity contribution >= 4 is 0 Å². The van der Waals surface area contributed by atoms with E-state index in [-0.39, 0.29) is 0 Å². The van der Waals surface area contributed by atoms with Crippen LogP contribution in [0.3, 0.4) is 0 Å². The molecule has 0 radical (unpaired) electrons. The highest BCUT2D eigenvalue weighted by Crippen LogP contribution is 2.30. The molecule has 1 aliphatic carbocycles. The van der Waals surface area contributed by atoms with Crippen molar-refractivity contribution in [1.29, 1.82) is 0 Å². The van der Waals surface area contributed by atoms with E-state index in [2.05, 4.69) is 19.3 Å². The molecule has 0 saturated heterocycles. The Bertz CT molecular complexity index is 141. The summed E-state index contributed by atoms with van der Waals surface area (Å²) in [5.74, 6) is 7.31. The molecule has 0 aromatic heterocycles. The summed E-state index contributed by atoms with van der Waals surface area (Å²) in [5.41, 5.74) is 3.03. The smallest absolute Gasteiger partial charge is 0.0241 e. The SMILES string of the molecule is CCCC(C)CC(NN)C1CCCC1. The molecule has 0 aliphatic heterocycles. The maximum Gasteiger partial charge on any atom is 0.0241 e. The van der Waals surface area contributed by atoms with Crippen molar-refractivity contribution in [1.82, 2.24) is 5.43 Å². The van der Waals surface area contributed by atoms with E-state index >= 15 is 0 Å². The van der Waals surface area contributed by atoms with Crippen molar-refractivity contribution in [3.63, 3.8) is 0 Å². The third-order valence-corrected chi connectivity index (χ3v) is 3.62. The molecule has 84 valence electrons. The van der Waals surface area contributed by atoms with E-state index in [9.17, 15) is 0 Å². The van der Waals surface area contributed by atoms with Crippen LogP contribution in [0.4, 0.5) is 0 Å². The molecule has 0 amide bonds. The zero-order chi connectivity index (χ0) is 10.4. The van der Waals surface area contributed by atoms with E-state index in [4.69, 9.17) is 5.84 Å². The first-order valence-corrected chi connectivity index (χ1v) is 6.24. The molecule has 14 heavy (non-hydrogen) atoms. The van der Waals surface area contributed by atoms with Gasteiger partial charge in [-0.05, 0) is 31.1 Å². The van der Waals surface area contributed by atoms with E-state index in [0.717, 1.165) is 11.8 Å². The Balaban J connectivity index is 2.29. The standard InChI is InChI=1S/C12H26N2/c1-3-6-10(2)9-12(14-13)11-7-4-5-8-11/h10-12,14H,3-9,13H2,1-2H3. The molecule has 2 atom stereocenters. The van der Waals surface area contributed by atoms with Crippen molar-refractivity contribution in [3.8, 4) is 0 Å². The lowest BCUT2D eigenvalue weighted by molar-refractivity contribution is 0.296.